The Morgan fingerprint density at radius 3 is 2.60 bits per heavy atom. The van der Waals surface area contributed by atoms with E-state index in [0.29, 0.717) is 22.1 Å². The third-order valence-corrected chi connectivity index (χ3v) is 3.79. The molecule has 0 aliphatic rings. The van der Waals surface area contributed by atoms with E-state index in [1.165, 1.54) is 17.5 Å². The van der Waals surface area contributed by atoms with E-state index < -0.39 is 0 Å². The predicted octanol–water partition coefficient (Wildman–Crippen LogP) is 4.50. The monoisotopic (exact) mass is 335 g/mol. The maximum absolute atomic E-state index is 5.83. The zero-order chi connectivity index (χ0) is 14.7. The van der Waals surface area contributed by atoms with Gasteiger partial charge in [0.1, 0.15) is 22.4 Å². The molecule has 106 valence electrons. The number of ether oxygens (including phenoxy) is 1. The van der Waals surface area contributed by atoms with E-state index in [1.54, 1.807) is 7.05 Å². The van der Waals surface area contributed by atoms with Crippen molar-refractivity contribution in [3.8, 4) is 11.6 Å². The topological polar surface area (TPSA) is 47.0 Å². The van der Waals surface area contributed by atoms with Crippen LogP contribution in [-0.2, 0) is 0 Å². The first-order valence-corrected chi connectivity index (χ1v) is 7.29. The molecule has 0 atom stereocenters. The van der Waals surface area contributed by atoms with Crippen LogP contribution in [0.3, 0.4) is 0 Å². The van der Waals surface area contributed by atoms with Gasteiger partial charge in [-0.25, -0.2) is 9.97 Å². The Morgan fingerprint density at radius 2 is 2.00 bits per heavy atom. The lowest BCUT2D eigenvalue weighted by atomic mass is 9.98. The smallest absolute Gasteiger partial charge is 0.238 e. The van der Waals surface area contributed by atoms with Crippen molar-refractivity contribution in [3.05, 3.63) is 40.1 Å². The molecule has 4 nitrogen and oxygen atoms in total. The number of aromatic nitrogens is 2. The molecule has 0 fully saturated rings. The Bertz CT molecular complexity index is 614. The first-order valence-electron chi connectivity index (χ1n) is 6.49. The number of hydrogen-bond donors (Lipinski definition) is 1. The van der Waals surface area contributed by atoms with Crippen molar-refractivity contribution in [2.75, 3.05) is 12.4 Å². The molecule has 0 amide bonds. The number of benzene rings is 1. The lowest BCUT2D eigenvalue weighted by molar-refractivity contribution is 0.458. The summed E-state index contributed by atoms with van der Waals surface area (Å²) in [5, 5.41) is 2.98. The van der Waals surface area contributed by atoms with E-state index >= 15 is 0 Å². The molecule has 0 saturated carbocycles. The fourth-order valence-corrected chi connectivity index (χ4v) is 2.55. The van der Waals surface area contributed by atoms with Crippen LogP contribution in [0.4, 0.5) is 5.82 Å². The summed E-state index contributed by atoms with van der Waals surface area (Å²) in [4.78, 5) is 8.25. The normalized spacial score (nSPS) is 10.7. The molecule has 0 bridgehead atoms. The van der Waals surface area contributed by atoms with Gasteiger partial charge in [0.25, 0.3) is 0 Å². The van der Waals surface area contributed by atoms with Gasteiger partial charge in [-0.15, -0.1) is 0 Å². The molecule has 2 aromatic rings. The van der Waals surface area contributed by atoms with Gasteiger partial charge in [-0.05, 0) is 52.0 Å². The Hall–Kier alpha value is -1.62. The molecule has 5 heteroatoms. The van der Waals surface area contributed by atoms with E-state index in [2.05, 4.69) is 58.1 Å². The highest BCUT2D eigenvalue weighted by molar-refractivity contribution is 9.10. The van der Waals surface area contributed by atoms with Crippen molar-refractivity contribution in [1.29, 1.82) is 0 Å². The third kappa shape index (κ3) is 3.10. The van der Waals surface area contributed by atoms with Gasteiger partial charge in [-0.3, -0.25) is 0 Å². The molecule has 0 radical (unpaired) electrons. The molecule has 1 aromatic carbocycles. The minimum Gasteiger partial charge on any atom is -0.438 e. The lowest BCUT2D eigenvalue weighted by Gasteiger charge is -2.13. The second-order valence-corrected chi connectivity index (χ2v) is 5.66. The largest absolute Gasteiger partial charge is 0.438 e. The molecule has 0 spiro atoms. The Balaban J connectivity index is 2.29. The Kier molecular flexibility index (Phi) is 4.60. The fourth-order valence-electron chi connectivity index (χ4n) is 2.07. The van der Waals surface area contributed by atoms with Crippen LogP contribution in [-0.4, -0.2) is 17.0 Å². The summed E-state index contributed by atoms with van der Waals surface area (Å²) in [6, 6.07) is 6.10. The maximum Gasteiger partial charge on any atom is 0.238 e. The number of anilines is 1. The third-order valence-electron chi connectivity index (χ3n) is 3.07. The maximum atomic E-state index is 5.83. The molecule has 1 N–H and O–H groups in total. The molecule has 0 saturated heterocycles. The van der Waals surface area contributed by atoms with Crippen LogP contribution < -0.4 is 10.1 Å². The van der Waals surface area contributed by atoms with Crippen LogP contribution in [0.15, 0.2) is 29.0 Å². The summed E-state index contributed by atoms with van der Waals surface area (Å²) < 4.78 is 6.55. The quantitative estimate of drug-likeness (QED) is 0.893. The van der Waals surface area contributed by atoms with Crippen molar-refractivity contribution in [1.82, 2.24) is 9.97 Å². The average molecular weight is 336 g/mol. The highest BCUT2D eigenvalue weighted by Gasteiger charge is 2.11. The number of hydrogen-bond acceptors (Lipinski definition) is 4. The van der Waals surface area contributed by atoms with Gasteiger partial charge in [0.15, 0.2) is 0 Å². The number of nitrogens with one attached hydrogen (secondary N) is 1. The minimum atomic E-state index is 0.501. The van der Waals surface area contributed by atoms with Crippen LogP contribution >= 0.6 is 15.9 Å². The van der Waals surface area contributed by atoms with Crippen molar-refractivity contribution in [3.63, 3.8) is 0 Å². The molecular weight excluding hydrogens is 318 g/mol. The molecule has 2 rings (SSSR count). The highest BCUT2D eigenvalue weighted by Crippen LogP contribution is 2.32. The number of nitrogens with zero attached hydrogens (tertiary/aromatic N) is 2. The van der Waals surface area contributed by atoms with E-state index in [0.717, 1.165) is 5.75 Å². The molecular formula is C15H18BrN3O. The van der Waals surface area contributed by atoms with Crippen LogP contribution in [0.25, 0.3) is 0 Å². The minimum absolute atomic E-state index is 0.501. The van der Waals surface area contributed by atoms with E-state index in [-0.39, 0.29) is 0 Å². The molecule has 1 aromatic heterocycles. The zero-order valence-electron chi connectivity index (χ0n) is 12.1. The molecule has 1 heterocycles. The highest BCUT2D eigenvalue weighted by atomic mass is 79.9. The molecule has 20 heavy (non-hydrogen) atoms. The lowest BCUT2D eigenvalue weighted by Crippen LogP contribution is -1.98. The number of rotatable bonds is 4. The van der Waals surface area contributed by atoms with Crippen molar-refractivity contribution in [2.24, 2.45) is 0 Å². The average Bonchev–Trinajstić information content (AvgIpc) is 2.41. The van der Waals surface area contributed by atoms with Crippen LogP contribution in [0.1, 0.15) is 30.9 Å². The summed E-state index contributed by atoms with van der Waals surface area (Å²) >= 11 is 3.44. The van der Waals surface area contributed by atoms with Crippen molar-refractivity contribution < 1.29 is 4.74 Å². The Labute approximate surface area is 127 Å². The van der Waals surface area contributed by atoms with Gasteiger partial charge in [0.05, 0.1) is 0 Å². The zero-order valence-corrected chi connectivity index (χ0v) is 13.7. The fraction of sp³-hybridized carbons (Fsp3) is 0.333. The SMILES string of the molecule is CNc1ncnc(Oc2ccc(C(C)C)c(C)c2)c1Br. The van der Waals surface area contributed by atoms with Crippen molar-refractivity contribution >= 4 is 21.7 Å². The van der Waals surface area contributed by atoms with E-state index in [9.17, 15) is 0 Å². The Morgan fingerprint density at radius 1 is 1.25 bits per heavy atom. The second kappa shape index (κ2) is 6.22. The summed E-state index contributed by atoms with van der Waals surface area (Å²) in [7, 11) is 1.80. The van der Waals surface area contributed by atoms with E-state index in [4.69, 9.17) is 4.74 Å². The second-order valence-electron chi connectivity index (χ2n) is 4.87. The van der Waals surface area contributed by atoms with Gasteiger partial charge in [0.2, 0.25) is 5.88 Å². The van der Waals surface area contributed by atoms with Gasteiger partial charge in [0, 0.05) is 7.05 Å². The first kappa shape index (κ1) is 14.8. The van der Waals surface area contributed by atoms with Gasteiger partial charge < -0.3 is 10.1 Å². The summed E-state index contributed by atoms with van der Waals surface area (Å²) in [6.45, 7) is 6.46. The first-order chi connectivity index (χ1) is 9.52. The van der Waals surface area contributed by atoms with Crippen molar-refractivity contribution in [2.45, 2.75) is 26.7 Å². The van der Waals surface area contributed by atoms with Crippen LogP contribution in [0.5, 0.6) is 11.6 Å². The number of halogens is 1. The summed E-state index contributed by atoms with van der Waals surface area (Å²) in [5.74, 6) is 2.48. The van der Waals surface area contributed by atoms with Gasteiger partial charge in [-0.2, -0.15) is 0 Å². The predicted molar refractivity (Wildman–Crippen MR) is 84.6 cm³/mol. The summed E-state index contributed by atoms with van der Waals surface area (Å²) in [6.07, 6.45) is 1.47. The molecule has 0 aliphatic heterocycles. The van der Waals surface area contributed by atoms with Gasteiger partial charge >= 0.3 is 0 Å². The van der Waals surface area contributed by atoms with Crippen LogP contribution in [0.2, 0.25) is 0 Å². The summed E-state index contributed by atoms with van der Waals surface area (Å²) in [5.41, 5.74) is 2.55. The molecule has 0 unspecified atom stereocenters. The van der Waals surface area contributed by atoms with E-state index in [1.807, 2.05) is 12.1 Å². The molecule has 0 aliphatic carbocycles. The van der Waals surface area contributed by atoms with Gasteiger partial charge in [-0.1, -0.05) is 19.9 Å². The van der Waals surface area contributed by atoms with Crippen LogP contribution in [0, 0.1) is 6.92 Å². The standard InChI is InChI=1S/C15H18BrN3O/c1-9(2)12-6-5-11(7-10(12)3)20-15-13(16)14(17-4)18-8-19-15/h5-9H,1-4H3,(H,17,18,19). The number of aryl methyl sites for hydroxylation is 1.